The van der Waals surface area contributed by atoms with Gasteiger partial charge >= 0.3 is 0 Å². The molecule has 0 bridgehead atoms. The lowest BCUT2D eigenvalue weighted by Crippen LogP contribution is -2.39. The van der Waals surface area contributed by atoms with Crippen molar-refractivity contribution in [2.45, 2.75) is 77.6 Å². The number of nitrogens with one attached hydrogen (secondary N) is 1. The van der Waals surface area contributed by atoms with Crippen molar-refractivity contribution in [3.63, 3.8) is 0 Å². The summed E-state index contributed by atoms with van der Waals surface area (Å²) in [5.41, 5.74) is 0. The minimum atomic E-state index is -0.272. The van der Waals surface area contributed by atoms with Crippen molar-refractivity contribution < 1.29 is 18.8 Å². The van der Waals surface area contributed by atoms with Crippen LogP contribution in [-0.4, -0.2) is 48.7 Å². The summed E-state index contributed by atoms with van der Waals surface area (Å²) in [6.07, 6.45) is 13.5. The lowest BCUT2D eigenvalue weighted by Gasteiger charge is -2.22. The molecule has 0 spiro atoms. The molecule has 0 aliphatic rings. The molecule has 160 valence electrons. The molecule has 0 radical (unpaired) electrons. The molecule has 0 aliphatic heterocycles. The van der Waals surface area contributed by atoms with Gasteiger partial charge in [-0.05, 0) is 12.8 Å². The van der Waals surface area contributed by atoms with Gasteiger partial charge < -0.3 is 19.5 Å². The molecule has 7 heteroatoms. The van der Waals surface area contributed by atoms with E-state index in [1.807, 2.05) is 0 Å². The zero-order valence-corrected chi connectivity index (χ0v) is 17.6. The molecule has 28 heavy (non-hydrogen) atoms. The van der Waals surface area contributed by atoms with E-state index in [2.05, 4.69) is 17.4 Å². The smallest absolute Gasteiger partial charge is 0.245 e. The fraction of sp³-hybridized carbons (Fsp3) is 0.762. The highest BCUT2D eigenvalue weighted by molar-refractivity contribution is 5.93. The average molecular weight is 396 g/mol. The standard InChI is InChI=1S/C21H37N3O4/c1-3-4-5-6-7-8-9-10-11-13-21(26)24(15-12-16-27-2)18-20(25)22-19-14-17-28-23-19/h14,17H,3-13,15-16,18H2,1-2H3,(H,22,23,25). The third-order valence-electron chi connectivity index (χ3n) is 4.66. The predicted octanol–water partition coefficient (Wildman–Crippen LogP) is 4.40. The van der Waals surface area contributed by atoms with Gasteiger partial charge in [0.05, 0.1) is 6.54 Å². The van der Waals surface area contributed by atoms with E-state index < -0.39 is 0 Å². The van der Waals surface area contributed by atoms with Crippen LogP contribution >= 0.6 is 0 Å². The van der Waals surface area contributed by atoms with Gasteiger partial charge in [0.15, 0.2) is 5.82 Å². The molecule has 1 heterocycles. The molecule has 0 saturated carbocycles. The van der Waals surface area contributed by atoms with Crippen molar-refractivity contribution in [3.05, 3.63) is 12.3 Å². The van der Waals surface area contributed by atoms with Gasteiger partial charge in [-0.15, -0.1) is 0 Å². The van der Waals surface area contributed by atoms with Gasteiger partial charge in [0.25, 0.3) is 0 Å². The van der Waals surface area contributed by atoms with Crippen molar-refractivity contribution in [2.75, 3.05) is 32.1 Å². The van der Waals surface area contributed by atoms with E-state index in [0.29, 0.717) is 31.8 Å². The normalized spacial score (nSPS) is 10.8. The first-order chi connectivity index (χ1) is 13.7. The zero-order chi connectivity index (χ0) is 20.5. The summed E-state index contributed by atoms with van der Waals surface area (Å²) in [5.74, 6) is 0.106. The van der Waals surface area contributed by atoms with Crippen LogP contribution in [-0.2, 0) is 14.3 Å². The van der Waals surface area contributed by atoms with Crippen molar-refractivity contribution in [2.24, 2.45) is 0 Å². The molecule has 0 saturated heterocycles. The number of rotatable bonds is 17. The molecule has 2 amide bonds. The monoisotopic (exact) mass is 395 g/mol. The van der Waals surface area contributed by atoms with E-state index in [-0.39, 0.29) is 18.4 Å². The number of methoxy groups -OCH3 is 1. The number of aromatic nitrogens is 1. The summed E-state index contributed by atoms with van der Waals surface area (Å²) in [4.78, 5) is 26.3. The van der Waals surface area contributed by atoms with E-state index in [4.69, 9.17) is 9.26 Å². The van der Waals surface area contributed by atoms with Gasteiger partial charge in [0, 0.05) is 32.7 Å². The van der Waals surface area contributed by atoms with E-state index in [0.717, 1.165) is 12.8 Å². The minimum absolute atomic E-state index is 0.0207. The predicted molar refractivity (Wildman–Crippen MR) is 110 cm³/mol. The Morgan fingerprint density at radius 2 is 1.75 bits per heavy atom. The van der Waals surface area contributed by atoms with Gasteiger partial charge in [0.1, 0.15) is 6.26 Å². The highest BCUT2D eigenvalue weighted by atomic mass is 16.5. The fourth-order valence-corrected chi connectivity index (χ4v) is 3.07. The van der Waals surface area contributed by atoms with Gasteiger partial charge in [-0.25, -0.2) is 0 Å². The molecular weight excluding hydrogens is 358 g/mol. The summed E-state index contributed by atoms with van der Waals surface area (Å²) in [6, 6.07) is 1.57. The van der Waals surface area contributed by atoms with E-state index in [9.17, 15) is 9.59 Å². The summed E-state index contributed by atoms with van der Waals surface area (Å²) in [7, 11) is 1.63. The number of unbranched alkanes of at least 4 members (excludes halogenated alkanes) is 8. The van der Waals surface area contributed by atoms with Crippen molar-refractivity contribution >= 4 is 17.6 Å². The van der Waals surface area contributed by atoms with Crippen molar-refractivity contribution in [1.82, 2.24) is 10.1 Å². The molecule has 7 nitrogen and oxygen atoms in total. The Balaban J connectivity index is 2.27. The summed E-state index contributed by atoms with van der Waals surface area (Å²) >= 11 is 0. The third-order valence-corrected chi connectivity index (χ3v) is 4.66. The Hall–Kier alpha value is -1.89. The van der Waals surface area contributed by atoms with Crippen LogP contribution in [0.25, 0.3) is 0 Å². The SMILES string of the molecule is CCCCCCCCCCCC(=O)N(CCCOC)CC(=O)Nc1ccon1. The summed E-state index contributed by atoms with van der Waals surface area (Å²) in [5, 5.41) is 6.29. The molecule has 0 aromatic carbocycles. The third kappa shape index (κ3) is 11.7. The zero-order valence-electron chi connectivity index (χ0n) is 17.6. The lowest BCUT2D eigenvalue weighted by atomic mass is 10.1. The first-order valence-corrected chi connectivity index (χ1v) is 10.6. The molecular formula is C21H37N3O4. The average Bonchev–Trinajstić information content (AvgIpc) is 3.18. The molecule has 0 atom stereocenters. The van der Waals surface area contributed by atoms with Gasteiger partial charge in [0.2, 0.25) is 11.8 Å². The van der Waals surface area contributed by atoms with Gasteiger partial charge in [-0.2, -0.15) is 0 Å². The second-order valence-electron chi connectivity index (χ2n) is 7.17. The topological polar surface area (TPSA) is 84.7 Å². The Kier molecular flexibility index (Phi) is 13.9. The highest BCUT2D eigenvalue weighted by Gasteiger charge is 2.17. The Labute approximate surface area is 169 Å². The maximum Gasteiger partial charge on any atom is 0.245 e. The van der Waals surface area contributed by atoms with E-state index >= 15 is 0 Å². The maximum atomic E-state index is 12.6. The van der Waals surface area contributed by atoms with Crippen molar-refractivity contribution in [1.29, 1.82) is 0 Å². The molecule has 1 aromatic heterocycles. The number of anilines is 1. The van der Waals surface area contributed by atoms with Crippen LogP contribution in [0.5, 0.6) is 0 Å². The molecule has 0 unspecified atom stereocenters. The molecule has 1 aromatic rings. The largest absolute Gasteiger partial charge is 0.385 e. The Morgan fingerprint density at radius 1 is 1.07 bits per heavy atom. The second kappa shape index (κ2) is 16.1. The number of nitrogens with zero attached hydrogens (tertiary/aromatic N) is 2. The summed E-state index contributed by atoms with van der Waals surface area (Å²) < 4.78 is 9.76. The van der Waals surface area contributed by atoms with Crippen LogP contribution in [0.3, 0.4) is 0 Å². The fourth-order valence-electron chi connectivity index (χ4n) is 3.07. The van der Waals surface area contributed by atoms with Crippen LogP contribution in [0.2, 0.25) is 0 Å². The Morgan fingerprint density at radius 3 is 2.36 bits per heavy atom. The lowest BCUT2D eigenvalue weighted by molar-refractivity contribution is -0.135. The number of carbonyl (C=O) groups is 2. The van der Waals surface area contributed by atoms with Crippen LogP contribution in [0.15, 0.2) is 16.9 Å². The van der Waals surface area contributed by atoms with Crippen molar-refractivity contribution in [3.8, 4) is 0 Å². The number of hydrogen-bond donors (Lipinski definition) is 1. The Bertz CT molecular complexity index is 520. The molecule has 1 rings (SSSR count). The minimum Gasteiger partial charge on any atom is -0.385 e. The number of ether oxygens (including phenoxy) is 1. The van der Waals surface area contributed by atoms with E-state index in [1.165, 1.54) is 51.2 Å². The first kappa shape index (κ1) is 24.1. The maximum absolute atomic E-state index is 12.6. The van der Waals surface area contributed by atoms with Crippen LogP contribution in [0, 0.1) is 0 Å². The quantitative estimate of drug-likeness (QED) is 0.395. The molecule has 0 aliphatic carbocycles. The van der Waals surface area contributed by atoms with Gasteiger partial charge in [-0.1, -0.05) is 63.4 Å². The van der Waals surface area contributed by atoms with E-state index in [1.54, 1.807) is 18.1 Å². The van der Waals surface area contributed by atoms with Crippen LogP contribution < -0.4 is 5.32 Å². The number of carbonyl (C=O) groups excluding carboxylic acids is 2. The first-order valence-electron chi connectivity index (χ1n) is 10.6. The van der Waals surface area contributed by atoms with Gasteiger partial charge in [-0.3, -0.25) is 9.59 Å². The number of amides is 2. The van der Waals surface area contributed by atoms with Crippen LogP contribution in [0.1, 0.15) is 77.6 Å². The number of hydrogen-bond acceptors (Lipinski definition) is 5. The highest BCUT2D eigenvalue weighted by Crippen LogP contribution is 2.11. The second-order valence-corrected chi connectivity index (χ2v) is 7.17. The summed E-state index contributed by atoms with van der Waals surface area (Å²) in [6.45, 7) is 3.32. The molecule has 0 fully saturated rings. The van der Waals surface area contributed by atoms with Crippen LogP contribution in [0.4, 0.5) is 5.82 Å². The molecule has 1 N–H and O–H groups in total.